The van der Waals surface area contributed by atoms with Gasteiger partial charge < -0.3 is 4.74 Å². The molecule has 28 heavy (non-hydrogen) atoms. The van der Waals surface area contributed by atoms with Crippen molar-refractivity contribution in [3.8, 4) is 16.9 Å². The zero-order chi connectivity index (χ0) is 19.9. The molecule has 3 rings (SSSR count). The number of alkyl halides is 2. The van der Waals surface area contributed by atoms with Gasteiger partial charge in [0, 0.05) is 5.56 Å². The van der Waals surface area contributed by atoms with Crippen LogP contribution in [0, 0.1) is 5.82 Å². The molecule has 0 aliphatic rings. The Morgan fingerprint density at radius 3 is 1.86 bits per heavy atom. The molecule has 0 saturated carbocycles. The summed E-state index contributed by atoms with van der Waals surface area (Å²) in [5, 5.41) is 0. The Labute approximate surface area is 163 Å². The molecular weight excluding hydrogens is 361 g/mol. The van der Waals surface area contributed by atoms with Crippen LogP contribution in [0.2, 0.25) is 0 Å². The Morgan fingerprint density at radius 1 is 0.750 bits per heavy atom. The van der Waals surface area contributed by atoms with E-state index in [-0.39, 0.29) is 11.6 Å². The van der Waals surface area contributed by atoms with Gasteiger partial charge in [0.2, 0.25) is 0 Å². The molecule has 1 nitrogen and oxygen atoms in total. The molecule has 0 saturated heterocycles. The third-order valence-electron chi connectivity index (χ3n) is 4.69. The maximum absolute atomic E-state index is 14.4. The Hall–Kier alpha value is -2.75. The Balaban J connectivity index is 1.61. The lowest BCUT2D eigenvalue weighted by atomic mass is 9.98. The second-order valence-corrected chi connectivity index (χ2v) is 6.78. The molecule has 0 atom stereocenters. The second-order valence-electron chi connectivity index (χ2n) is 6.78. The first-order valence-corrected chi connectivity index (χ1v) is 9.46. The summed E-state index contributed by atoms with van der Waals surface area (Å²) in [6.45, 7) is -0.729. The van der Waals surface area contributed by atoms with Gasteiger partial charge in [0.15, 0.2) is 0 Å². The lowest BCUT2D eigenvalue weighted by Crippen LogP contribution is -2.01. The van der Waals surface area contributed by atoms with Crippen molar-refractivity contribution in [3.63, 3.8) is 0 Å². The number of hydrogen-bond donors (Lipinski definition) is 0. The van der Waals surface area contributed by atoms with E-state index in [1.807, 2.05) is 36.4 Å². The van der Waals surface area contributed by atoms with Crippen molar-refractivity contribution < 1.29 is 17.9 Å². The quantitative estimate of drug-likeness (QED) is 0.413. The van der Waals surface area contributed by atoms with E-state index in [1.54, 1.807) is 30.3 Å². The Morgan fingerprint density at radius 2 is 1.32 bits per heavy atom. The van der Waals surface area contributed by atoms with Crippen molar-refractivity contribution in [2.24, 2.45) is 0 Å². The first-order chi connectivity index (χ1) is 13.5. The molecule has 0 amide bonds. The Bertz CT molecular complexity index is 887. The summed E-state index contributed by atoms with van der Waals surface area (Å²) < 4.78 is 43.1. The molecule has 3 aromatic rings. The highest BCUT2D eigenvalue weighted by atomic mass is 19.3. The molecule has 0 spiro atoms. The monoisotopic (exact) mass is 384 g/mol. The van der Waals surface area contributed by atoms with E-state index in [2.05, 4.69) is 11.7 Å². The van der Waals surface area contributed by atoms with E-state index in [0.29, 0.717) is 5.56 Å². The van der Waals surface area contributed by atoms with Gasteiger partial charge in [0.25, 0.3) is 0 Å². The predicted molar refractivity (Wildman–Crippen MR) is 106 cm³/mol. The van der Waals surface area contributed by atoms with Gasteiger partial charge in [-0.05, 0) is 59.7 Å². The van der Waals surface area contributed by atoms with Crippen LogP contribution < -0.4 is 4.74 Å². The van der Waals surface area contributed by atoms with Crippen molar-refractivity contribution in [2.75, 3.05) is 0 Å². The maximum Gasteiger partial charge on any atom is 0.387 e. The summed E-state index contributed by atoms with van der Waals surface area (Å²) in [6.07, 6.45) is 3.47. The molecule has 0 N–H and O–H groups in total. The first kappa shape index (κ1) is 20.0. The molecule has 0 unspecified atom stereocenters. The SMILES string of the molecule is CCCc1ccc(-c2ccc(CCc3ccc(OC(F)F)cc3)cc2)c(F)c1. The van der Waals surface area contributed by atoms with Crippen molar-refractivity contribution in [1.29, 1.82) is 0 Å². The van der Waals surface area contributed by atoms with Gasteiger partial charge in [-0.15, -0.1) is 0 Å². The van der Waals surface area contributed by atoms with Gasteiger partial charge in [-0.25, -0.2) is 4.39 Å². The topological polar surface area (TPSA) is 9.23 Å². The molecule has 3 aromatic carbocycles. The molecule has 4 heteroatoms. The molecule has 0 aliphatic carbocycles. The van der Waals surface area contributed by atoms with Crippen LogP contribution in [0.3, 0.4) is 0 Å². The maximum atomic E-state index is 14.4. The van der Waals surface area contributed by atoms with Crippen LogP contribution in [0.25, 0.3) is 11.1 Å². The molecule has 0 aliphatic heterocycles. The average molecular weight is 384 g/mol. The summed E-state index contributed by atoms with van der Waals surface area (Å²) in [5.41, 5.74) is 4.67. The molecule has 0 aromatic heterocycles. The van der Waals surface area contributed by atoms with E-state index >= 15 is 0 Å². The van der Waals surface area contributed by atoms with E-state index in [1.165, 1.54) is 0 Å². The van der Waals surface area contributed by atoms with E-state index in [0.717, 1.165) is 47.9 Å². The number of aryl methyl sites for hydroxylation is 3. The van der Waals surface area contributed by atoms with Crippen LogP contribution >= 0.6 is 0 Å². The standard InChI is InChI=1S/C24H23F3O/c1-2-3-19-10-15-22(23(25)16-19)20-11-6-17(7-12-20)4-5-18-8-13-21(14-9-18)28-24(26)27/h6-16,24H,2-5H2,1H3. The zero-order valence-electron chi connectivity index (χ0n) is 15.8. The normalized spacial score (nSPS) is 11.0. The summed E-state index contributed by atoms with van der Waals surface area (Å²) in [7, 11) is 0. The van der Waals surface area contributed by atoms with Gasteiger partial charge in [-0.3, -0.25) is 0 Å². The second kappa shape index (κ2) is 9.45. The molecule has 0 radical (unpaired) electrons. The van der Waals surface area contributed by atoms with Gasteiger partial charge in [0.05, 0.1) is 0 Å². The smallest absolute Gasteiger partial charge is 0.387 e. The fraction of sp³-hybridized carbons (Fsp3) is 0.250. The summed E-state index contributed by atoms with van der Waals surface area (Å²) in [6, 6.07) is 20.0. The Kier molecular flexibility index (Phi) is 6.75. The number of rotatable bonds is 8. The minimum atomic E-state index is -2.81. The fourth-order valence-electron chi connectivity index (χ4n) is 3.21. The van der Waals surface area contributed by atoms with E-state index in [4.69, 9.17) is 0 Å². The third-order valence-corrected chi connectivity index (χ3v) is 4.69. The van der Waals surface area contributed by atoms with E-state index < -0.39 is 6.61 Å². The van der Waals surface area contributed by atoms with Crippen LogP contribution in [0.15, 0.2) is 66.7 Å². The number of hydrogen-bond acceptors (Lipinski definition) is 1. The summed E-state index contributed by atoms with van der Waals surface area (Å²) in [5.74, 6) is -0.0279. The van der Waals surface area contributed by atoms with Crippen LogP contribution in [-0.4, -0.2) is 6.61 Å². The zero-order valence-corrected chi connectivity index (χ0v) is 15.8. The highest BCUT2D eigenvalue weighted by molar-refractivity contribution is 5.64. The third kappa shape index (κ3) is 5.38. The molecule has 0 heterocycles. The predicted octanol–water partition coefficient (Wildman–Crippen LogP) is 6.83. The van der Waals surface area contributed by atoms with Gasteiger partial charge in [-0.2, -0.15) is 8.78 Å². The lowest BCUT2D eigenvalue weighted by molar-refractivity contribution is -0.0498. The highest BCUT2D eigenvalue weighted by Gasteiger charge is 2.07. The minimum Gasteiger partial charge on any atom is -0.435 e. The molecule has 146 valence electrons. The molecular formula is C24H23F3O. The molecule has 0 bridgehead atoms. The van der Waals surface area contributed by atoms with Crippen molar-refractivity contribution >= 4 is 0 Å². The first-order valence-electron chi connectivity index (χ1n) is 9.46. The molecule has 0 fully saturated rings. The van der Waals surface area contributed by atoms with Gasteiger partial charge in [-0.1, -0.05) is 61.9 Å². The van der Waals surface area contributed by atoms with E-state index in [9.17, 15) is 13.2 Å². The highest BCUT2D eigenvalue weighted by Crippen LogP contribution is 2.25. The number of benzene rings is 3. The lowest BCUT2D eigenvalue weighted by Gasteiger charge is -2.08. The van der Waals surface area contributed by atoms with Crippen molar-refractivity contribution in [1.82, 2.24) is 0 Å². The van der Waals surface area contributed by atoms with Crippen molar-refractivity contribution in [3.05, 3.63) is 89.2 Å². The van der Waals surface area contributed by atoms with Crippen LogP contribution in [-0.2, 0) is 19.3 Å². The van der Waals surface area contributed by atoms with Crippen LogP contribution in [0.4, 0.5) is 13.2 Å². The largest absolute Gasteiger partial charge is 0.435 e. The van der Waals surface area contributed by atoms with Gasteiger partial charge in [0.1, 0.15) is 11.6 Å². The summed E-state index contributed by atoms with van der Waals surface area (Å²) in [4.78, 5) is 0. The minimum absolute atomic E-state index is 0.162. The van der Waals surface area contributed by atoms with Gasteiger partial charge >= 0.3 is 6.61 Å². The number of halogens is 3. The number of ether oxygens (including phenoxy) is 1. The fourth-order valence-corrected chi connectivity index (χ4v) is 3.21. The van der Waals surface area contributed by atoms with Crippen LogP contribution in [0.5, 0.6) is 5.75 Å². The van der Waals surface area contributed by atoms with Crippen molar-refractivity contribution in [2.45, 2.75) is 39.2 Å². The summed E-state index contributed by atoms with van der Waals surface area (Å²) >= 11 is 0. The van der Waals surface area contributed by atoms with Crippen LogP contribution in [0.1, 0.15) is 30.0 Å². The average Bonchev–Trinajstić information content (AvgIpc) is 2.68.